The average molecular weight is 261 g/mol. The number of ether oxygens (including phenoxy) is 1. The third-order valence-corrected chi connectivity index (χ3v) is 4.12. The van der Waals surface area contributed by atoms with Crippen molar-refractivity contribution in [2.75, 3.05) is 11.9 Å². The molecule has 0 unspecified atom stereocenters. The molecule has 104 valence electrons. The lowest BCUT2D eigenvalue weighted by molar-refractivity contribution is 0.232. The highest BCUT2D eigenvalue weighted by atomic mass is 16.5. The van der Waals surface area contributed by atoms with Crippen LogP contribution >= 0.6 is 0 Å². The van der Waals surface area contributed by atoms with Gasteiger partial charge in [-0.3, -0.25) is 0 Å². The van der Waals surface area contributed by atoms with E-state index in [4.69, 9.17) is 4.74 Å². The lowest BCUT2D eigenvalue weighted by atomic mass is 10.0. The number of hydrogen-bond donors (Lipinski definition) is 1. The van der Waals surface area contributed by atoms with Crippen LogP contribution in [0.15, 0.2) is 6.07 Å². The summed E-state index contributed by atoms with van der Waals surface area (Å²) in [6.45, 7) is 7.02. The first kappa shape index (κ1) is 12.7. The maximum absolute atomic E-state index is 5.65. The number of nitrogens with one attached hydrogen (secondary N) is 1. The zero-order valence-corrected chi connectivity index (χ0v) is 12.1. The Morgan fingerprint density at radius 3 is 2.68 bits per heavy atom. The molecule has 0 bridgehead atoms. The van der Waals surface area contributed by atoms with Crippen molar-refractivity contribution >= 4 is 5.95 Å². The molecule has 4 heteroatoms. The molecule has 2 aliphatic rings. The molecule has 0 aromatic carbocycles. The second-order valence-electron chi connectivity index (χ2n) is 6.33. The topological polar surface area (TPSA) is 47.0 Å². The third-order valence-electron chi connectivity index (χ3n) is 4.12. The largest absolute Gasteiger partial charge is 0.475 e. The Labute approximate surface area is 115 Å². The third kappa shape index (κ3) is 2.99. The van der Waals surface area contributed by atoms with Gasteiger partial charge in [-0.25, -0.2) is 4.98 Å². The molecule has 1 heterocycles. The van der Waals surface area contributed by atoms with Crippen molar-refractivity contribution < 1.29 is 4.74 Å². The Bertz CT molecular complexity index is 464. The standard InChI is InChI=1S/C15H23N3O/c1-10(2)19-13-8-11(3)17-14(18-13)16-9-15(6-7-15)12-4-5-12/h8,10,12H,4-7,9H2,1-3H3,(H,16,17,18). The number of anilines is 1. The molecule has 0 saturated heterocycles. The Morgan fingerprint density at radius 1 is 1.37 bits per heavy atom. The van der Waals surface area contributed by atoms with Crippen molar-refractivity contribution in [1.82, 2.24) is 9.97 Å². The van der Waals surface area contributed by atoms with Gasteiger partial charge in [0.1, 0.15) is 0 Å². The van der Waals surface area contributed by atoms with Gasteiger partial charge in [-0.1, -0.05) is 0 Å². The first-order valence-electron chi connectivity index (χ1n) is 7.34. The van der Waals surface area contributed by atoms with E-state index in [1.54, 1.807) is 0 Å². The highest BCUT2D eigenvalue weighted by Crippen LogP contribution is 2.61. The summed E-state index contributed by atoms with van der Waals surface area (Å²) in [6.07, 6.45) is 5.71. The maximum Gasteiger partial charge on any atom is 0.226 e. The van der Waals surface area contributed by atoms with Crippen LogP contribution in [0.1, 0.15) is 45.2 Å². The van der Waals surface area contributed by atoms with E-state index in [0.29, 0.717) is 17.2 Å². The van der Waals surface area contributed by atoms with E-state index in [1.165, 1.54) is 25.7 Å². The summed E-state index contributed by atoms with van der Waals surface area (Å²) in [6, 6.07) is 1.89. The van der Waals surface area contributed by atoms with E-state index in [2.05, 4.69) is 15.3 Å². The highest BCUT2D eigenvalue weighted by molar-refractivity contribution is 5.32. The van der Waals surface area contributed by atoms with E-state index in [-0.39, 0.29) is 6.10 Å². The normalized spacial score (nSPS) is 20.4. The molecule has 2 fully saturated rings. The van der Waals surface area contributed by atoms with Crippen molar-refractivity contribution in [1.29, 1.82) is 0 Å². The van der Waals surface area contributed by atoms with Gasteiger partial charge in [0.2, 0.25) is 11.8 Å². The van der Waals surface area contributed by atoms with Crippen LogP contribution in [0.5, 0.6) is 5.88 Å². The zero-order chi connectivity index (χ0) is 13.5. The molecule has 3 rings (SSSR count). The van der Waals surface area contributed by atoms with E-state index in [1.807, 2.05) is 26.8 Å². The Balaban J connectivity index is 1.65. The molecule has 0 atom stereocenters. The van der Waals surface area contributed by atoms with E-state index < -0.39 is 0 Å². The number of aromatic nitrogens is 2. The van der Waals surface area contributed by atoms with Crippen molar-refractivity contribution in [3.8, 4) is 5.88 Å². The van der Waals surface area contributed by atoms with Crippen LogP contribution in [0.4, 0.5) is 5.95 Å². The predicted molar refractivity (Wildman–Crippen MR) is 75.4 cm³/mol. The van der Waals surface area contributed by atoms with Gasteiger partial charge in [-0.05, 0) is 57.8 Å². The van der Waals surface area contributed by atoms with Gasteiger partial charge in [-0.2, -0.15) is 4.98 Å². The minimum atomic E-state index is 0.142. The summed E-state index contributed by atoms with van der Waals surface area (Å²) in [4.78, 5) is 8.89. The van der Waals surface area contributed by atoms with Crippen LogP contribution in [0.3, 0.4) is 0 Å². The Kier molecular flexibility index (Phi) is 3.11. The molecule has 2 saturated carbocycles. The molecule has 1 aromatic rings. The number of rotatable bonds is 6. The van der Waals surface area contributed by atoms with Crippen LogP contribution in [-0.2, 0) is 0 Å². The molecule has 0 spiro atoms. The Morgan fingerprint density at radius 2 is 2.11 bits per heavy atom. The van der Waals surface area contributed by atoms with Gasteiger partial charge in [-0.15, -0.1) is 0 Å². The lowest BCUT2D eigenvalue weighted by Gasteiger charge is -2.16. The van der Waals surface area contributed by atoms with Crippen molar-refractivity contribution in [3.05, 3.63) is 11.8 Å². The Hall–Kier alpha value is -1.32. The van der Waals surface area contributed by atoms with E-state index >= 15 is 0 Å². The van der Waals surface area contributed by atoms with Crippen LogP contribution in [0.2, 0.25) is 0 Å². The lowest BCUT2D eigenvalue weighted by Crippen LogP contribution is -2.19. The number of nitrogens with zero attached hydrogens (tertiary/aromatic N) is 2. The fourth-order valence-electron chi connectivity index (χ4n) is 2.76. The fraction of sp³-hybridized carbons (Fsp3) is 0.733. The van der Waals surface area contributed by atoms with Crippen molar-refractivity contribution in [2.24, 2.45) is 11.3 Å². The summed E-state index contributed by atoms with van der Waals surface area (Å²) in [5.41, 5.74) is 1.51. The van der Waals surface area contributed by atoms with E-state index in [9.17, 15) is 0 Å². The van der Waals surface area contributed by atoms with Gasteiger partial charge < -0.3 is 10.1 Å². The highest BCUT2D eigenvalue weighted by Gasteiger charge is 2.53. The first-order valence-corrected chi connectivity index (χ1v) is 7.34. The summed E-state index contributed by atoms with van der Waals surface area (Å²) in [5, 5.41) is 3.42. The number of aryl methyl sites for hydroxylation is 1. The summed E-state index contributed by atoms with van der Waals surface area (Å²) in [7, 11) is 0. The van der Waals surface area contributed by atoms with E-state index in [0.717, 1.165) is 18.2 Å². The van der Waals surface area contributed by atoms with Crippen LogP contribution in [-0.4, -0.2) is 22.6 Å². The molecule has 0 aliphatic heterocycles. The van der Waals surface area contributed by atoms with Gasteiger partial charge in [0, 0.05) is 18.3 Å². The van der Waals surface area contributed by atoms with Crippen molar-refractivity contribution in [2.45, 2.75) is 52.6 Å². The summed E-state index contributed by atoms with van der Waals surface area (Å²) >= 11 is 0. The molecule has 0 radical (unpaired) electrons. The number of hydrogen-bond acceptors (Lipinski definition) is 4. The molecule has 2 aliphatic carbocycles. The SMILES string of the molecule is Cc1cc(OC(C)C)nc(NCC2(C3CC3)CC2)n1. The van der Waals surface area contributed by atoms with Gasteiger partial charge in [0.15, 0.2) is 0 Å². The van der Waals surface area contributed by atoms with Gasteiger partial charge in [0.05, 0.1) is 6.10 Å². The van der Waals surface area contributed by atoms with Crippen LogP contribution in [0, 0.1) is 18.3 Å². The fourth-order valence-corrected chi connectivity index (χ4v) is 2.76. The van der Waals surface area contributed by atoms with Crippen molar-refractivity contribution in [3.63, 3.8) is 0 Å². The van der Waals surface area contributed by atoms with Gasteiger partial charge in [0.25, 0.3) is 0 Å². The molecular formula is C15H23N3O. The first-order chi connectivity index (χ1) is 9.07. The van der Waals surface area contributed by atoms with Crippen LogP contribution < -0.4 is 10.1 Å². The van der Waals surface area contributed by atoms with Gasteiger partial charge >= 0.3 is 0 Å². The molecule has 4 nitrogen and oxygen atoms in total. The predicted octanol–water partition coefficient (Wildman–Crippen LogP) is 3.17. The molecule has 19 heavy (non-hydrogen) atoms. The second-order valence-corrected chi connectivity index (χ2v) is 6.33. The monoisotopic (exact) mass is 261 g/mol. The van der Waals surface area contributed by atoms with Crippen LogP contribution in [0.25, 0.3) is 0 Å². The smallest absolute Gasteiger partial charge is 0.226 e. The maximum atomic E-state index is 5.65. The quantitative estimate of drug-likeness (QED) is 0.854. The molecule has 1 N–H and O–H groups in total. The molecular weight excluding hydrogens is 238 g/mol. The molecule has 1 aromatic heterocycles. The second kappa shape index (κ2) is 4.66. The summed E-state index contributed by atoms with van der Waals surface area (Å²) < 4.78 is 5.65. The summed E-state index contributed by atoms with van der Waals surface area (Å²) in [5.74, 6) is 2.33. The average Bonchev–Trinajstić information content (AvgIpc) is 3.18. The minimum absolute atomic E-state index is 0.142. The molecule has 0 amide bonds. The minimum Gasteiger partial charge on any atom is -0.475 e. The zero-order valence-electron chi connectivity index (χ0n) is 12.1.